The highest BCUT2D eigenvalue weighted by atomic mass is 35.5. The van der Waals surface area contributed by atoms with Crippen LogP contribution in [0.25, 0.3) is 0 Å². The summed E-state index contributed by atoms with van der Waals surface area (Å²) in [4.78, 5) is 14.5. The molecule has 0 amide bonds. The number of ether oxygens (including phenoxy) is 2. The molecule has 0 unspecified atom stereocenters. The predicted octanol–water partition coefficient (Wildman–Crippen LogP) is 3.85. The number of aromatic nitrogens is 1. The molecule has 0 N–H and O–H groups in total. The van der Waals surface area contributed by atoms with Gasteiger partial charge in [0, 0.05) is 29.5 Å². The fourth-order valence-corrected chi connectivity index (χ4v) is 2.31. The van der Waals surface area contributed by atoms with Gasteiger partial charge in [-0.05, 0) is 19.9 Å². The third kappa shape index (κ3) is 3.28. The summed E-state index contributed by atoms with van der Waals surface area (Å²) in [5, 5.41) is 10.9. The van der Waals surface area contributed by atoms with Gasteiger partial charge in [-0.15, -0.1) is 0 Å². The number of pyridine rings is 1. The molecule has 0 saturated carbocycles. The van der Waals surface area contributed by atoms with Gasteiger partial charge in [0.15, 0.2) is 0 Å². The Morgan fingerprint density at radius 1 is 1.36 bits per heavy atom. The molecule has 0 fully saturated rings. The first kappa shape index (κ1) is 16.0. The number of non-ortho nitro benzene ring substituents is 1. The average Bonchev–Trinajstić information content (AvgIpc) is 2.48. The number of methoxy groups -OCH3 is 1. The van der Waals surface area contributed by atoms with Crippen molar-refractivity contribution in [3.8, 4) is 11.5 Å². The quantitative estimate of drug-likeness (QED) is 0.617. The van der Waals surface area contributed by atoms with Crippen LogP contribution >= 0.6 is 11.6 Å². The van der Waals surface area contributed by atoms with Crippen molar-refractivity contribution in [2.24, 2.45) is 0 Å². The van der Waals surface area contributed by atoms with E-state index in [0.29, 0.717) is 5.75 Å². The van der Waals surface area contributed by atoms with Gasteiger partial charge in [0.25, 0.3) is 5.69 Å². The van der Waals surface area contributed by atoms with Crippen LogP contribution in [0.5, 0.6) is 11.5 Å². The van der Waals surface area contributed by atoms with E-state index in [1.807, 2.05) is 13.8 Å². The lowest BCUT2D eigenvalue weighted by Gasteiger charge is -2.13. The van der Waals surface area contributed by atoms with Crippen molar-refractivity contribution in [1.29, 1.82) is 0 Å². The Bertz CT molecular complexity index is 719. The molecule has 22 heavy (non-hydrogen) atoms. The summed E-state index contributed by atoms with van der Waals surface area (Å²) in [6.07, 6.45) is 1.71. The topological polar surface area (TPSA) is 74.5 Å². The third-order valence-electron chi connectivity index (χ3n) is 3.24. The van der Waals surface area contributed by atoms with Gasteiger partial charge >= 0.3 is 0 Å². The minimum atomic E-state index is -0.508. The van der Waals surface area contributed by atoms with Crippen molar-refractivity contribution in [2.75, 3.05) is 7.11 Å². The molecule has 0 atom stereocenters. The van der Waals surface area contributed by atoms with Crippen LogP contribution in [0.2, 0.25) is 5.02 Å². The molecule has 0 spiro atoms. The van der Waals surface area contributed by atoms with Crippen LogP contribution in [0.3, 0.4) is 0 Å². The van der Waals surface area contributed by atoms with Gasteiger partial charge in [0.2, 0.25) is 0 Å². The standard InChI is InChI=1S/C15H15ClN2O4/c1-9-7-17-13(10(2)15(9)21-3)8-22-14-5-4-11(18(19)20)6-12(14)16/h4-7H,8H2,1-3H3. The predicted molar refractivity (Wildman–Crippen MR) is 82.7 cm³/mol. The van der Waals surface area contributed by atoms with Crippen LogP contribution in [-0.2, 0) is 6.61 Å². The molecule has 1 aromatic heterocycles. The monoisotopic (exact) mass is 322 g/mol. The van der Waals surface area contributed by atoms with Crippen molar-refractivity contribution in [3.05, 3.63) is 56.4 Å². The van der Waals surface area contributed by atoms with Crippen LogP contribution in [0, 0.1) is 24.0 Å². The van der Waals surface area contributed by atoms with E-state index >= 15 is 0 Å². The Balaban J connectivity index is 2.19. The van der Waals surface area contributed by atoms with E-state index in [2.05, 4.69) is 4.98 Å². The second-order valence-electron chi connectivity index (χ2n) is 4.71. The molecule has 1 heterocycles. The van der Waals surface area contributed by atoms with Gasteiger partial charge in [0.1, 0.15) is 18.1 Å². The van der Waals surface area contributed by atoms with Crippen LogP contribution < -0.4 is 9.47 Å². The Hall–Kier alpha value is -2.34. The van der Waals surface area contributed by atoms with Crippen molar-refractivity contribution >= 4 is 17.3 Å². The molecule has 6 nitrogen and oxygen atoms in total. The van der Waals surface area contributed by atoms with Crippen LogP contribution in [0.15, 0.2) is 24.4 Å². The number of halogens is 1. The van der Waals surface area contributed by atoms with Crippen molar-refractivity contribution in [2.45, 2.75) is 20.5 Å². The minimum Gasteiger partial charge on any atom is -0.496 e. The number of nitrogens with zero attached hydrogens (tertiary/aromatic N) is 2. The summed E-state index contributed by atoms with van der Waals surface area (Å²) in [6.45, 7) is 4.01. The van der Waals surface area contributed by atoms with E-state index in [4.69, 9.17) is 21.1 Å². The second kappa shape index (κ2) is 6.62. The number of rotatable bonds is 5. The summed E-state index contributed by atoms with van der Waals surface area (Å²) < 4.78 is 10.9. The SMILES string of the molecule is COc1c(C)cnc(COc2ccc([N+](=O)[O-])cc2Cl)c1C. The highest BCUT2D eigenvalue weighted by Gasteiger charge is 2.13. The highest BCUT2D eigenvalue weighted by Crippen LogP contribution is 2.30. The maximum atomic E-state index is 10.7. The Labute approximate surface area is 132 Å². The fourth-order valence-electron chi connectivity index (χ4n) is 2.08. The lowest BCUT2D eigenvalue weighted by Crippen LogP contribution is -2.04. The number of aryl methyl sites for hydroxylation is 1. The number of nitro benzene ring substituents is 1. The van der Waals surface area contributed by atoms with Crippen molar-refractivity contribution in [3.63, 3.8) is 0 Å². The largest absolute Gasteiger partial charge is 0.496 e. The molecule has 2 aromatic rings. The van der Waals surface area contributed by atoms with E-state index in [1.54, 1.807) is 13.3 Å². The van der Waals surface area contributed by atoms with E-state index < -0.39 is 4.92 Å². The van der Waals surface area contributed by atoms with Gasteiger partial charge in [0.05, 0.1) is 22.7 Å². The van der Waals surface area contributed by atoms with Gasteiger partial charge < -0.3 is 9.47 Å². The van der Waals surface area contributed by atoms with E-state index in [0.717, 1.165) is 22.6 Å². The summed E-state index contributed by atoms with van der Waals surface area (Å²) >= 11 is 5.99. The highest BCUT2D eigenvalue weighted by molar-refractivity contribution is 6.32. The van der Waals surface area contributed by atoms with Gasteiger partial charge in [-0.2, -0.15) is 0 Å². The van der Waals surface area contributed by atoms with Crippen LogP contribution in [0.4, 0.5) is 5.69 Å². The first-order valence-electron chi connectivity index (χ1n) is 6.49. The molecular formula is C15H15ClN2O4. The molecule has 0 aliphatic carbocycles. The molecule has 0 bridgehead atoms. The fraction of sp³-hybridized carbons (Fsp3) is 0.267. The number of nitro groups is 1. The smallest absolute Gasteiger partial charge is 0.271 e. The normalized spacial score (nSPS) is 10.4. The zero-order chi connectivity index (χ0) is 16.3. The molecule has 7 heteroatoms. The summed E-state index contributed by atoms with van der Waals surface area (Å²) in [5.41, 5.74) is 2.47. The lowest BCUT2D eigenvalue weighted by atomic mass is 10.1. The first-order chi connectivity index (χ1) is 10.4. The Kier molecular flexibility index (Phi) is 4.82. The van der Waals surface area contributed by atoms with Gasteiger partial charge in [-0.3, -0.25) is 15.1 Å². The lowest BCUT2D eigenvalue weighted by molar-refractivity contribution is -0.384. The molecule has 0 saturated heterocycles. The van der Waals surface area contributed by atoms with Gasteiger partial charge in [-0.25, -0.2) is 0 Å². The Morgan fingerprint density at radius 3 is 2.68 bits per heavy atom. The van der Waals surface area contributed by atoms with E-state index in [-0.39, 0.29) is 17.3 Å². The first-order valence-corrected chi connectivity index (χ1v) is 6.87. The summed E-state index contributed by atoms with van der Waals surface area (Å²) in [7, 11) is 1.60. The molecule has 116 valence electrons. The third-order valence-corrected chi connectivity index (χ3v) is 3.54. The zero-order valence-corrected chi connectivity index (χ0v) is 13.2. The molecule has 0 aliphatic heterocycles. The minimum absolute atomic E-state index is 0.0799. The van der Waals surface area contributed by atoms with Crippen molar-refractivity contribution in [1.82, 2.24) is 4.98 Å². The Morgan fingerprint density at radius 2 is 2.09 bits per heavy atom. The van der Waals surface area contributed by atoms with Gasteiger partial charge in [-0.1, -0.05) is 11.6 Å². The summed E-state index contributed by atoms with van der Waals surface area (Å²) in [6, 6.07) is 4.07. The molecule has 0 aliphatic rings. The van der Waals surface area contributed by atoms with Crippen molar-refractivity contribution < 1.29 is 14.4 Å². The molecule has 0 radical (unpaired) electrons. The van der Waals surface area contributed by atoms with E-state index in [1.165, 1.54) is 18.2 Å². The van der Waals surface area contributed by atoms with Crippen LogP contribution in [-0.4, -0.2) is 17.0 Å². The molecular weight excluding hydrogens is 308 g/mol. The molecule has 1 aromatic carbocycles. The van der Waals surface area contributed by atoms with Crippen LogP contribution in [0.1, 0.15) is 16.8 Å². The average molecular weight is 323 g/mol. The number of hydrogen-bond acceptors (Lipinski definition) is 5. The maximum Gasteiger partial charge on any atom is 0.271 e. The number of benzene rings is 1. The maximum absolute atomic E-state index is 10.7. The molecule has 2 rings (SSSR count). The van der Waals surface area contributed by atoms with E-state index in [9.17, 15) is 10.1 Å². The second-order valence-corrected chi connectivity index (χ2v) is 5.11. The number of hydrogen-bond donors (Lipinski definition) is 0. The zero-order valence-electron chi connectivity index (χ0n) is 12.4. The summed E-state index contributed by atoms with van der Waals surface area (Å²) in [5.74, 6) is 1.14.